The number of hydrogen-bond acceptors (Lipinski definition) is 2. The number of rotatable bonds is 4. The molecule has 1 aromatic carbocycles. The Kier molecular flexibility index (Phi) is 3.15. The van der Waals surface area contributed by atoms with Crippen LogP contribution in [0, 0.1) is 6.92 Å². The second kappa shape index (κ2) is 4.82. The van der Waals surface area contributed by atoms with Gasteiger partial charge in [0.05, 0.1) is 11.8 Å². The molecule has 19 heavy (non-hydrogen) atoms. The Bertz CT molecular complexity index is 584. The summed E-state index contributed by atoms with van der Waals surface area (Å²) in [5.74, 6) is 0.666. The van der Waals surface area contributed by atoms with Crippen LogP contribution in [0.4, 0.5) is 0 Å². The van der Waals surface area contributed by atoms with E-state index in [1.54, 1.807) is 0 Å². The van der Waals surface area contributed by atoms with Crippen molar-refractivity contribution in [3.63, 3.8) is 0 Å². The summed E-state index contributed by atoms with van der Waals surface area (Å²) in [5, 5.41) is 14.9. The van der Waals surface area contributed by atoms with E-state index in [1.165, 1.54) is 18.4 Å². The maximum Gasteiger partial charge on any atom is 0.0848 e. The SMILES string of the molecule is Cc1cc(CC(O)c2ccccc2C2CC2)n(C)n1. The van der Waals surface area contributed by atoms with Crippen molar-refractivity contribution >= 4 is 0 Å². The molecule has 3 heteroatoms. The van der Waals surface area contributed by atoms with Gasteiger partial charge in [-0.2, -0.15) is 5.10 Å². The molecule has 1 aliphatic carbocycles. The zero-order valence-corrected chi connectivity index (χ0v) is 11.5. The molecule has 1 aromatic heterocycles. The summed E-state index contributed by atoms with van der Waals surface area (Å²) in [6.07, 6.45) is 2.70. The van der Waals surface area contributed by atoms with Crippen LogP contribution in [0.3, 0.4) is 0 Å². The van der Waals surface area contributed by atoms with Gasteiger partial charge in [-0.1, -0.05) is 24.3 Å². The molecule has 0 spiro atoms. The van der Waals surface area contributed by atoms with Crippen molar-refractivity contribution in [2.24, 2.45) is 7.05 Å². The molecule has 0 saturated heterocycles. The predicted octanol–water partition coefficient (Wildman–Crippen LogP) is 2.88. The Hall–Kier alpha value is -1.61. The van der Waals surface area contributed by atoms with Crippen molar-refractivity contribution in [1.82, 2.24) is 9.78 Å². The zero-order valence-electron chi connectivity index (χ0n) is 11.5. The average molecular weight is 256 g/mol. The van der Waals surface area contributed by atoms with Crippen molar-refractivity contribution in [3.05, 3.63) is 52.8 Å². The first-order chi connectivity index (χ1) is 9.15. The van der Waals surface area contributed by atoms with Crippen LogP contribution in [-0.2, 0) is 13.5 Å². The van der Waals surface area contributed by atoms with Gasteiger partial charge in [0.25, 0.3) is 0 Å². The third-order valence-electron chi connectivity index (χ3n) is 3.87. The molecule has 2 aromatic rings. The Labute approximate surface area is 113 Å². The fourth-order valence-electron chi connectivity index (χ4n) is 2.74. The second-order valence-electron chi connectivity index (χ2n) is 5.52. The highest BCUT2D eigenvalue weighted by Gasteiger charge is 2.27. The van der Waals surface area contributed by atoms with Crippen molar-refractivity contribution < 1.29 is 5.11 Å². The summed E-state index contributed by atoms with van der Waals surface area (Å²) in [5.41, 5.74) is 4.49. The molecule has 0 radical (unpaired) electrons. The Balaban J connectivity index is 1.84. The van der Waals surface area contributed by atoms with E-state index in [-0.39, 0.29) is 0 Å². The number of aliphatic hydroxyl groups excluding tert-OH is 1. The molecule has 1 atom stereocenters. The molecule has 3 rings (SSSR count). The molecule has 1 N–H and O–H groups in total. The summed E-state index contributed by atoms with van der Waals surface area (Å²) >= 11 is 0. The maximum atomic E-state index is 10.5. The van der Waals surface area contributed by atoms with Gasteiger partial charge in [0.2, 0.25) is 0 Å². The van der Waals surface area contributed by atoms with E-state index in [2.05, 4.69) is 23.3 Å². The third kappa shape index (κ3) is 2.56. The van der Waals surface area contributed by atoms with E-state index in [1.807, 2.05) is 30.8 Å². The topological polar surface area (TPSA) is 38.0 Å². The van der Waals surface area contributed by atoms with Gasteiger partial charge in [-0.25, -0.2) is 0 Å². The normalized spacial score (nSPS) is 16.6. The molecule has 0 bridgehead atoms. The van der Waals surface area contributed by atoms with Gasteiger partial charge >= 0.3 is 0 Å². The van der Waals surface area contributed by atoms with Crippen LogP contribution in [0.25, 0.3) is 0 Å². The summed E-state index contributed by atoms with van der Waals surface area (Å²) in [6.45, 7) is 1.98. The van der Waals surface area contributed by atoms with Gasteiger partial charge in [0, 0.05) is 19.2 Å². The lowest BCUT2D eigenvalue weighted by molar-refractivity contribution is 0.174. The lowest BCUT2D eigenvalue weighted by Crippen LogP contribution is -2.08. The van der Waals surface area contributed by atoms with Crippen LogP contribution in [0.5, 0.6) is 0 Å². The minimum atomic E-state index is -0.438. The zero-order chi connectivity index (χ0) is 13.4. The van der Waals surface area contributed by atoms with E-state index in [0.717, 1.165) is 17.0 Å². The van der Waals surface area contributed by atoms with Crippen LogP contribution in [0.2, 0.25) is 0 Å². The van der Waals surface area contributed by atoms with Crippen LogP contribution in [0.1, 0.15) is 47.4 Å². The first-order valence-corrected chi connectivity index (χ1v) is 6.91. The Morgan fingerprint density at radius 2 is 2.11 bits per heavy atom. The van der Waals surface area contributed by atoms with Crippen LogP contribution >= 0.6 is 0 Å². The monoisotopic (exact) mass is 256 g/mol. The van der Waals surface area contributed by atoms with Crippen molar-refractivity contribution in [3.8, 4) is 0 Å². The Morgan fingerprint density at radius 1 is 1.37 bits per heavy atom. The van der Waals surface area contributed by atoms with E-state index in [4.69, 9.17) is 0 Å². The van der Waals surface area contributed by atoms with E-state index in [9.17, 15) is 5.11 Å². The quantitative estimate of drug-likeness (QED) is 0.913. The predicted molar refractivity (Wildman–Crippen MR) is 75.0 cm³/mol. The summed E-state index contributed by atoms with van der Waals surface area (Å²) in [7, 11) is 1.93. The molecule has 1 fully saturated rings. The van der Waals surface area contributed by atoms with Crippen molar-refractivity contribution in [2.75, 3.05) is 0 Å². The minimum absolute atomic E-state index is 0.438. The highest BCUT2D eigenvalue weighted by Crippen LogP contribution is 2.43. The number of aryl methyl sites for hydroxylation is 2. The fraction of sp³-hybridized carbons (Fsp3) is 0.438. The van der Waals surface area contributed by atoms with Gasteiger partial charge in [-0.15, -0.1) is 0 Å². The second-order valence-corrected chi connectivity index (χ2v) is 5.52. The van der Waals surface area contributed by atoms with Gasteiger partial charge < -0.3 is 5.11 Å². The standard InChI is InChI=1S/C16H20N2O/c1-11-9-13(18(2)17-11)10-16(19)15-6-4-3-5-14(15)12-7-8-12/h3-6,9,12,16,19H,7-8,10H2,1-2H3. The lowest BCUT2D eigenvalue weighted by Gasteiger charge is -2.15. The molecule has 1 unspecified atom stereocenters. The minimum Gasteiger partial charge on any atom is -0.388 e. The number of aliphatic hydroxyl groups is 1. The highest BCUT2D eigenvalue weighted by atomic mass is 16.3. The molecule has 1 heterocycles. The number of hydrogen-bond donors (Lipinski definition) is 1. The molecule has 1 saturated carbocycles. The van der Waals surface area contributed by atoms with Crippen molar-refractivity contribution in [2.45, 2.75) is 38.2 Å². The van der Waals surface area contributed by atoms with Gasteiger partial charge in [-0.05, 0) is 42.9 Å². The lowest BCUT2D eigenvalue weighted by atomic mass is 9.96. The van der Waals surface area contributed by atoms with E-state index in [0.29, 0.717) is 12.3 Å². The molecular weight excluding hydrogens is 236 g/mol. The summed E-state index contributed by atoms with van der Waals surface area (Å²) in [6, 6.07) is 10.3. The maximum absolute atomic E-state index is 10.5. The average Bonchev–Trinajstić information content (AvgIpc) is 3.17. The highest BCUT2D eigenvalue weighted by molar-refractivity contribution is 5.35. The molecular formula is C16H20N2O. The van der Waals surface area contributed by atoms with Gasteiger partial charge in [0.1, 0.15) is 0 Å². The number of nitrogens with zero attached hydrogens (tertiary/aromatic N) is 2. The Morgan fingerprint density at radius 3 is 2.74 bits per heavy atom. The molecule has 100 valence electrons. The largest absolute Gasteiger partial charge is 0.388 e. The van der Waals surface area contributed by atoms with Crippen LogP contribution in [0.15, 0.2) is 30.3 Å². The summed E-state index contributed by atoms with van der Waals surface area (Å²) < 4.78 is 1.86. The number of benzene rings is 1. The third-order valence-corrected chi connectivity index (χ3v) is 3.87. The van der Waals surface area contributed by atoms with Crippen LogP contribution < -0.4 is 0 Å². The molecule has 0 amide bonds. The smallest absolute Gasteiger partial charge is 0.0848 e. The first kappa shape index (κ1) is 12.4. The molecule has 3 nitrogen and oxygen atoms in total. The van der Waals surface area contributed by atoms with E-state index < -0.39 is 6.10 Å². The van der Waals surface area contributed by atoms with Gasteiger partial charge in [-0.3, -0.25) is 4.68 Å². The molecule has 1 aliphatic rings. The number of aromatic nitrogens is 2. The molecule has 0 aliphatic heterocycles. The van der Waals surface area contributed by atoms with Crippen LogP contribution in [-0.4, -0.2) is 14.9 Å². The van der Waals surface area contributed by atoms with Gasteiger partial charge in [0.15, 0.2) is 0 Å². The summed E-state index contributed by atoms with van der Waals surface area (Å²) in [4.78, 5) is 0. The van der Waals surface area contributed by atoms with E-state index >= 15 is 0 Å². The first-order valence-electron chi connectivity index (χ1n) is 6.91. The fourth-order valence-corrected chi connectivity index (χ4v) is 2.74. The van der Waals surface area contributed by atoms with Crippen molar-refractivity contribution in [1.29, 1.82) is 0 Å².